The number of carbonyl (C=O) groups excluding carboxylic acids is 1. The maximum atomic E-state index is 13.2. The molecule has 0 radical (unpaired) electrons. The molecule has 0 aliphatic heterocycles. The number of H-pyrrole nitrogens is 1. The normalized spacial score (nSPS) is 11.4. The zero-order chi connectivity index (χ0) is 24.3. The van der Waals surface area contributed by atoms with Crippen LogP contribution in [0, 0.1) is 5.92 Å². The number of anilines is 2. The van der Waals surface area contributed by atoms with Gasteiger partial charge >= 0.3 is 5.69 Å². The number of rotatable bonds is 9. The van der Waals surface area contributed by atoms with Gasteiger partial charge in [0.15, 0.2) is 11.3 Å². The van der Waals surface area contributed by atoms with E-state index < -0.39 is 11.2 Å². The van der Waals surface area contributed by atoms with E-state index in [1.807, 2.05) is 20.8 Å². The molecule has 3 rings (SSSR count). The Hall–Kier alpha value is -3.70. The third kappa shape index (κ3) is 4.89. The average Bonchev–Trinajstić information content (AvgIpc) is 3.13. The van der Waals surface area contributed by atoms with Gasteiger partial charge in [-0.05, 0) is 12.3 Å². The van der Waals surface area contributed by atoms with Crippen LogP contribution in [-0.4, -0.2) is 41.3 Å². The van der Waals surface area contributed by atoms with Crippen molar-refractivity contribution in [2.45, 2.75) is 53.1 Å². The molecule has 0 spiro atoms. The summed E-state index contributed by atoms with van der Waals surface area (Å²) in [6.07, 6.45) is 4.28. The molecule has 0 aliphatic carbocycles. The van der Waals surface area contributed by atoms with Gasteiger partial charge in [0, 0.05) is 33.1 Å². The van der Waals surface area contributed by atoms with E-state index in [4.69, 9.17) is 5.73 Å². The highest BCUT2D eigenvalue weighted by Crippen LogP contribution is 2.20. The van der Waals surface area contributed by atoms with Crippen molar-refractivity contribution in [2.75, 3.05) is 17.2 Å². The van der Waals surface area contributed by atoms with Crippen LogP contribution in [0.25, 0.3) is 11.0 Å². The Morgan fingerprint density at radius 3 is 2.64 bits per heavy atom. The first kappa shape index (κ1) is 24.0. The van der Waals surface area contributed by atoms with E-state index in [1.54, 1.807) is 7.05 Å². The van der Waals surface area contributed by atoms with E-state index in [9.17, 15) is 19.2 Å². The van der Waals surface area contributed by atoms with Crippen LogP contribution in [0.2, 0.25) is 0 Å². The minimum atomic E-state index is -0.713. The number of aryl methyl sites for hydroxylation is 2. The van der Waals surface area contributed by atoms with Crippen LogP contribution in [0.5, 0.6) is 0 Å². The largest absolute Gasteiger partial charge is 0.383 e. The lowest BCUT2D eigenvalue weighted by atomic mass is 10.2. The number of amides is 1. The Balaban J connectivity index is 1.93. The lowest BCUT2D eigenvalue weighted by molar-refractivity contribution is -0.119. The molecule has 0 unspecified atom stereocenters. The van der Waals surface area contributed by atoms with E-state index in [2.05, 4.69) is 15.1 Å². The average molecular weight is 459 g/mol. The number of unbranched alkanes of at least 4 members (excludes halogenated alkanes) is 1. The Labute approximate surface area is 189 Å². The summed E-state index contributed by atoms with van der Waals surface area (Å²) >= 11 is 0. The summed E-state index contributed by atoms with van der Waals surface area (Å²) in [6.45, 7) is 6.41. The van der Waals surface area contributed by atoms with E-state index in [1.165, 1.54) is 31.2 Å². The molecule has 12 heteroatoms. The van der Waals surface area contributed by atoms with Crippen molar-refractivity contribution < 1.29 is 4.79 Å². The molecule has 0 saturated heterocycles. The second-order valence-electron chi connectivity index (χ2n) is 8.40. The second-order valence-corrected chi connectivity index (χ2v) is 8.40. The molecular formula is C21H30N8O4. The number of hydrogen-bond acceptors (Lipinski definition) is 7. The third-order valence-corrected chi connectivity index (χ3v) is 5.35. The van der Waals surface area contributed by atoms with E-state index in [0.717, 1.165) is 6.42 Å². The highest BCUT2D eigenvalue weighted by molar-refractivity contribution is 5.95. The zero-order valence-corrected chi connectivity index (χ0v) is 19.4. The molecule has 12 nitrogen and oxygen atoms in total. The van der Waals surface area contributed by atoms with Gasteiger partial charge in [0.05, 0.1) is 12.5 Å². The molecule has 1 amide bonds. The predicted octanol–water partition coefficient (Wildman–Crippen LogP) is 0.442. The number of aromatic nitrogens is 6. The molecule has 0 fully saturated rings. The summed E-state index contributed by atoms with van der Waals surface area (Å²) < 4.78 is 4.12. The molecule has 178 valence electrons. The van der Waals surface area contributed by atoms with Crippen molar-refractivity contribution in [3.63, 3.8) is 0 Å². The smallest absolute Gasteiger partial charge is 0.330 e. The van der Waals surface area contributed by atoms with Crippen LogP contribution in [0.15, 0.2) is 26.9 Å². The first-order valence-corrected chi connectivity index (χ1v) is 11.0. The lowest BCUT2D eigenvalue weighted by Gasteiger charge is -2.26. The molecular weight excluding hydrogens is 428 g/mol. The summed E-state index contributed by atoms with van der Waals surface area (Å²) in [6, 6.07) is 0. The fourth-order valence-electron chi connectivity index (χ4n) is 3.64. The van der Waals surface area contributed by atoms with Gasteiger partial charge < -0.3 is 10.6 Å². The minimum absolute atomic E-state index is 0.0277. The highest BCUT2D eigenvalue weighted by Gasteiger charge is 2.25. The van der Waals surface area contributed by atoms with Gasteiger partial charge in [0.25, 0.3) is 11.1 Å². The van der Waals surface area contributed by atoms with Gasteiger partial charge in [-0.1, -0.05) is 27.2 Å². The number of carbonyl (C=O) groups is 1. The fourth-order valence-corrected chi connectivity index (χ4v) is 3.64. The van der Waals surface area contributed by atoms with Crippen molar-refractivity contribution in [3.05, 3.63) is 43.7 Å². The number of aromatic amines is 1. The van der Waals surface area contributed by atoms with E-state index in [-0.39, 0.29) is 48.4 Å². The predicted molar refractivity (Wildman–Crippen MR) is 125 cm³/mol. The Morgan fingerprint density at radius 1 is 1.24 bits per heavy atom. The molecule has 3 N–H and O–H groups in total. The Kier molecular flexibility index (Phi) is 7.14. The van der Waals surface area contributed by atoms with Crippen LogP contribution < -0.4 is 27.4 Å². The number of nitrogen functional groups attached to an aromatic ring is 1. The van der Waals surface area contributed by atoms with Crippen molar-refractivity contribution in [3.8, 4) is 0 Å². The molecule has 0 aromatic carbocycles. The summed E-state index contributed by atoms with van der Waals surface area (Å²) in [4.78, 5) is 58.7. The summed E-state index contributed by atoms with van der Waals surface area (Å²) in [5.41, 5.74) is 5.00. The Morgan fingerprint density at radius 2 is 1.97 bits per heavy atom. The molecule has 3 aromatic rings. The molecule has 3 heterocycles. The van der Waals surface area contributed by atoms with E-state index >= 15 is 0 Å². The number of fused-ring (bicyclic) bond motifs is 1. The number of hydrogen-bond donors (Lipinski definition) is 2. The molecule has 0 bridgehead atoms. The number of nitrogens with two attached hydrogens (primary N) is 1. The van der Waals surface area contributed by atoms with Crippen molar-refractivity contribution in [1.82, 2.24) is 28.9 Å². The molecule has 3 aromatic heterocycles. The van der Waals surface area contributed by atoms with Gasteiger partial charge in [0.1, 0.15) is 11.2 Å². The minimum Gasteiger partial charge on any atom is -0.383 e. The Bertz CT molecular complexity index is 1330. The van der Waals surface area contributed by atoms with Crippen LogP contribution in [-0.2, 0) is 24.9 Å². The topological polar surface area (TPSA) is 154 Å². The van der Waals surface area contributed by atoms with E-state index in [0.29, 0.717) is 24.0 Å². The molecule has 33 heavy (non-hydrogen) atoms. The second kappa shape index (κ2) is 9.84. The van der Waals surface area contributed by atoms with Crippen molar-refractivity contribution >= 4 is 28.4 Å². The quantitative estimate of drug-likeness (QED) is 0.471. The number of nitrogens with zero attached hydrogens (tertiary/aromatic N) is 6. The van der Waals surface area contributed by atoms with Gasteiger partial charge in [0.2, 0.25) is 5.91 Å². The first-order chi connectivity index (χ1) is 15.6. The van der Waals surface area contributed by atoms with Crippen molar-refractivity contribution in [1.29, 1.82) is 0 Å². The summed E-state index contributed by atoms with van der Waals surface area (Å²) in [5.74, 6) is -0.401. The maximum Gasteiger partial charge on any atom is 0.330 e. The van der Waals surface area contributed by atoms with Gasteiger partial charge in [-0.15, -0.1) is 0 Å². The van der Waals surface area contributed by atoms with Gasteiger partial charge in [-0.2, -0.15) is 5.10 Å². The fraction of sp³-hybridized carbons (Fsp3) is 0.524. The molecule has 0 atom stereocenters. The maximum absolute atomic E-state index is 13.2. The van der Waals surface area contributed by atoms with Crippen LogP contribution in [0.1, 0.15) is 40.0 Å². The summed E-state index contributed by atoms with van der Waals surface area (Å²) in [5, 5.41) is 4.39. The lowest BCUT2D eigenvalue weighted by Crippen LogP contribution is -2.43. The van der Waals surface area contributed by atoms with Crippen molar-refractivity contribution in [2.24, 2.45) is 13.0 Å². The standard InChI is InChI=1S/C21H30N8O4/c1-5-6-8-28-17(22)16(19(31)25-21(28)33)29(11-13(2)3)15(30)7-9-27-12-23-18-14(20(27)32)10-24-26(18)4/h10,12-13H,5-9,11,22H2,1-4H3,(H,25,31,33). The zero-order valence-electron chi connectivity index (χ0n) is 19.4. The first-order valence-electron chi connectivity index (χ1n) is 11.0. The molecule has 0 saturated carbocycles. The highest BCUT2D eigenvalue weighted by atomic mass is 16.2. The summed E-state index contributed by atoms with van der Waals surface area (Å²) in [7, 11) is 1.69. The SMILES string of the molecule is CCCCn1c(N)c(N(CC(C)C)C(=O)CCn2cnc3c(cnn3C)c2=O)c(=O)[nH]c1=O. The molecule has 0 aliphatic rings. The third-order valence-electron chi connectivity index (χ3n) is 5.35. The van der Waals surface area contributed by atoms with Crippen LogP contribution in [0.3, 0.4) is 0 Å². The van der Waals surface area contributed by atoms with Gasteiger partial charge in [-0.3, -0.25) is 33.2 Å². The van der Waals surface area contributed by atoms with Crippen LogP contribution >= 0.6 is 0 Å². The van der Waals surface area contributed by atoms with Crippen LogP contribution in [0.4, 0.5) is 11.5 Å². The van der Waals surface area contributed by atoms with Gasteiger partial charge in [-0.25, -0.2) is 9.78 Å². The number of nitrogens with one attached hydrogen (secondary N) is 1. The monoisotopic (exact) mass is 458 g/mol.